The number of phenols is 1. The van der Waals surface area contributed by atoms with Crippen molar-refractivity contribution in [3.05, 3.63) is 17.7 Å². The van der Waals surface area contributed by atoms with Gasteiger partial charge < -0.3 is 44.5 Å². The quantitative estimate of drug-likeness (QED) is 0.386. The zero-order valence-electron chi connectivity index (χ0n) is 13.5. The fourth-order valence-corrected chi connectivity index (χ4v) is 2.40. The summed E-state index contributed by atoms with van der Waals surface area (Å²) >= 11 is 0. The summed E-state index contributed by atoms with van der Waals surface area (Å²) in [5, 5.41) is 48.2. The summed E-state index contributed by atoms with van der Waals surface area (Å²) < 4.78 is 20.0. The molecule has 1 fully saturated rings. The van der Waals surface area contributed by atoms with Crippen LogP contribution in [0.5, 0.6) is 17.2 Å². The number of hydrogen-bond acceptors (Lipinski definition) is 10. The number of rotatable bonds is 5. The van der Waals surface area contributed by atoms with Gasteiger partial charge in [-0.15, -0.1) is 0 Å². The number of benzene rings is 1. The Morgan fingerprint density at radius 1 is 1.12 bits per heavy atom. The first-order chi connectivity index (χ1) is 11.8. The topological polar surface area (TPSA) is 155 Å². The molecule has 1 aromatic carbocycles. The highest BCUT2D eigenvalue weighted by Crippen LogP contribution is 2.37. The largest absolute Gasteiger partial charge is 0.504 e. The van der Waals surface area contributed by atoms with Crippen LogP contribution in [0.4, 0.5) is 0 Å². The maximum absolute atomic E-state index is 12.2. The van der Waals surface area contributed by atoms with E-state index in [1.54, 1.807) is 0 Å². The molecular formula is C15H20O10. The Balaban J connectivity index is 2.20. The molecule has 10 nitrogen and oxygen atoms in total. The lowest BCUT2D eigenvalue weighted by molar-refractivity contribution is -0.285. The molecule has 0 radical (unpaired) electrons. The number of esters is 1. The van der Waals surface area contributed by atoms with Gasteiger partial charge in [-0.25, -0.2) is 4.79 Å². The minimum absolute atomic E-state index is 0.0203. The molecule has 0 bridgehead atoms. The van der Waals surface area contributed by atoms with Gasteiger partial charge in [0.25, 0.3) is 0 Å². The van der Waals surface area contributed by atoms with E-state index in [1.165, 1.54) is 20.3 Å². The lowest BCUT2D eigenvalue weighted by atomic mass is 9.99. The highest BCUT2D eigenvalue weighted by Gasteiger charge is 2.45. The summed E-state index contributed by atoms with van der Waals surface area (Å²) in [6, 6.07) is 2.30. The first-order valence-corrected chi connectivity index (χ1v) is 7.30. The van der Waals surface area contributed by atoms with Crippen molar-refractivity contribution in [1.82, 2.24) is 0 Å². The lowest BCUT2D eigenvalue weighted by Crippen LogP contribution is -2.59. The smallest absolute Gasteiger partial charge is 0.340 e. The third kappa shape index (κ3) is 3.78. The fourth-order valence-electron chi connectivity index (χ4n) is 2.40. The van der Waals surface area contributed by atoms with Gasteiger partial charge >= 0.3 is 5.97 Å². The maximum atomic E-state index is 12.2. The molecule has 5 atom stereocenters. The normalized spacial score (nSPS) is 29.1. The van der Waals surface area contributed by atoms with Crippen LogP contribution in [0.3, 0.4) is 0 Å². The van der Waals surface area contributed by atoms with Gasteiger partial charge in [0, 0.05) is 0 Å². The van der Waals surface area contributed by atoms with Crippen molar-refractivity contribution in [3.63, 3.8) is 0 Å². The molecule has 0 aliphatic carbocycles. The van der Waals surface area contributed by atoms with Crippen LogP contribution in [0.1, 0.15) is 10.4 Å². The molecule has 25 heavy (non-hydrogen) atoms. The van der Waals surface area contributed by atoms with Crippen molar-refractivity contribution in [1.29, 1.82) is 0 Å². The van der Waals surface area contributed by atoms with Gasteiger partial charge in [0.1, 0.15) is 24.4 Å². The Kier molecular flexibility index (Phi) is 6.03. The summed E-state index contributed by atoms with van der Waals surface area (Å²) in [4.78, 5) is 12.2. The Morgan fingerprint density at radius 2 is 1.80 bits per heavy atom. The Labute approximate surface area is 142 Å². The zero-order valence-corrected chi connectivity index (χ0v) is 13.5. The summed E-state index contributed by atoms with van der Waals surface area (Å²) in [6.45, 7) is -0.657. The number of hydrogen-bond donors (Lipinski definition) is 5. The summed E-state index contributed by atoms with van der Waals surface area (Å²) in [5.41, 5.74) is -0.132. The first-order valence-electron chi connectivity index (χ1n) is 7.30. The predicted octanol–water partition coefficient (Wildman–Crippen LogP) is -1.63. The van der Waals surface area contributed by atoms with Crippen LogP contribution in [0.15, 0.2) is 12.1 Å². The second kappa shape index (κ2) is 7.85. The molecule has 0 aromatic heterocycles. The molecule has 1 aliphatic heterocycles. The van der Waals surface area contributed by atoms with Gasteiger partial charge in [0.2, 0.25) is 12.0 Å². The van der Waals surface area contributed by atoms with E-state index in [1.807, 2.05) is 0 Å². The number of aliphatic hydroxyl groups excluding tert-OH is 4. The van der Waals surface area contributed by atoms with E-state index in [-0.39, 0.29) is 22.8 Å². The standard InChI is InChI=1S/C15H20O10/c1-22-8-4-6(3-7(17)13(8)23-2)14(21)25-15-12(20)11(19)10(18)9(5-16)24-15/h3-4,9-12,15-20H,5H2,1-2H3. The van der Waals surface area contributed by atoms with E-state index in [0.717, 1.165) is 6.07 Å². The lowest BCUT2D eigenvalue weighted by Gasteiger charge is -2.39. The number of carbonyl (C=O) groups is 1. The minimum atomic E-state index is -1.73. The number of phenolic OH excluding ortho intramolecular Hbond substituents is 1. The number of ether oxygens (including phenoxy) is 4. The van der Waals surface area contributed by atoms with Gasteiger partial charge in [0.15, 0.2) is 11.5 Å². The zero-order chi connectivity index (χ0) is 18.7. The molecule has 1 heterocycles. The van der Waals surface area contributed by atoms with Crippen molar-refractivity contribution in [3.8, 4) is 17.2 Å². The molecular weight excluding hydrogens is 340 g/mol. The second-order valence-corrected chi connectivity index (χ2v) is 5.33. The number of methoxy groups -OCH3 is 2. The first kappa shape index (κ1) is 19.2. The molecule has 0 amide bonds. The van der Waals surface area contributed by atoms with E-state index in [9.17, 15) is 25.2 Å². The van der Waals surface area contributed by atoms with Gasteiger partial charge in [-0.05, 0) is 12.1 Å². The third-order valence-electron chi connectivity index (χ3n) is 3.77. The minimum Gasteiger partial charge on any atom is -0.504 e. The van der Waals surface area contributed by atoms with E-state index < -0.39 is 43.3 Å². The molecule has 5 unspecified atom stereocenters. The molecule has 2 rings (SSSR count). The van der Waals surface area contributed by atoms with Crippen LogP contribution in [-0.4, -0.2) is 83.0 Å². The van der Waals surface area contributed by atoms with E-state index >= 15 is 0 Å². The third-order valence-corrected chi connectivity index (χ3v) is 3.77. The molecule has 0 saturated carbocycles. The number of aromatic hydroxyl groups is 1. The van der Waals surface area contributed by atoms with E-state index in [4.69, 9.17) is 24.1 Å². The van der Waals surface area contributed by atoms with Crippen LogP contribution in [0, 0.1) is 0 Å². The summed E-state index contributed by atoms with van der Waals surface area (Å²) in [7, 11) is 2.62. The summed E-state index contributed by atoms with van der Waals surface area (Å²) in [6.07, 6.45) is -7.81. The van der Waals surface area contributed by atoms with Crippen molar-refractivity contribution in [2.45, 2.75) is 30.7 Å². The SMILES string of the molecule is COc1cc(C(=O)OC2OC(CO)C(O)C(O)C2O)cc(O)c1OC. The van der Waals surface area contributed by atoms with Crippen LogP contribution in [0.25, 0.3) is 0 Å². The fraction of sp³-hybridized carbons (Fsp3) is 0.533. The molecule has 10 heteroatoms. The monoisotopic (exact) mass is 360 g/mol. The highest BCUT2D eigenvalue weighted by molar-refractivity contribution is 5.91. The van der Waals surface area contributed by atoms with Crippen molar-refractivity contribution in [2.24, 2.45) is 0 Å². The molecule has 1 aromatic rings. The van der Waals surface area contributed by atoms with Crippen molar-refractivity contribution >= 4 is 5.97 Å². The summed E-state index contributed by atoms with van der Waals surface area (Å²) in [5.74, 6) is -1.28. The predicted molar refractivity (Wildman–Crippen MR) is 80.4 cm³/mol. The van der Waals surface area contributed by atoms with Crippen LogP contribution in [-0.2, 0) is 9.47 Å². The van der Waals surface area contributed by atoms with E-state index in [2.05, 4.69) is 0 Å². The average molecular weight is 360 g/mol. The highest BCUT2D eigenvalue weighted by atomic mass is 16.7. The van der Waals surface area contributed by atoms with E-state index in [0.29, 0.717) is 0 Å². The van der Waals surface area contributed by atoms with Crippen LogP contribution in [0.2, 0.25) is 0 Å². The average Bonchev–Trinajstić information content (AvgIpc) is 2.61. The Hall–Kier alpha value is -2.11. The van der Waals surface area contributed by atoms with Crippen molar-refractivity contribution < 1.29 is 49.3 Å². The van der Waals surface area contributed by atoms with Gasteiger partial charge in [-0.1, -0.05) is 0 Å². The second-order valence-electron chi connectivity index (χ2n) is 5.33. The van der Waals surface area contributed by atoms with Gasteiger partial charge in [-0.3, -0.25) is 0 Å². The van der Waals surface area contributed by atoms with Gasteiger partial charge in [0.05, 0.1) is 26.4 Å². The maximum Gasteiger partial charge on any atom is 0.340 e. The molecule has 5 N–H and O–H groups in total. The molecule has 140 valence electrons. The number of aliphatic hydroxyl groups is 4. The number of carbonyl (C=O) groups excluding carboxylic acids is 1. The molecule has 1 aliphatic rings. The molecule has 0 spiro atoms. The molecule has 1 saturated heterocycles. The van der Waals surface area contributed by atoms with Crippen molar-refractivity contribution in [2.75, 3.05) is 20.8 Å². The van der Waals surface area contributed by atoms with Gasteiger partial charge in [-0.2, -0.15) is 0 Å². The Morgan fingerprint density at radius 3 is 2.36 bits per heavy atom. The van der Waals surface area contributed by atoms with Crippen LogP contribution >= 0.6 is 0 Å². The van der Waals surface area contributed by atoms with Crippen LogP contribution < -0.4 is 9.47 Å². The Bertz CT molecular complexity index is 617.